The third-order valence-electron chi connectivity index (χ3n) is 2.49. The second-order valence-corrected chi connectivity index (χ2v) is 5.74. The number of thioether (sulfide) groups is 1. The first-order valence-electron chi connectivity index (χ1n) is 5.29. The zero-order valence-electron chi connectivity index (χ0n) is 8.94. The van der Waals surface area contributed by atoms with Crippen LogP contribution in [-0.2, 0) is 4.79 Å². The van der Waals surface area contributed by atoms with Gasteiger partial charge in [-0.05, 0) is 19.8 Å². The number of hydrogen-bond acceptors (Lipinski definition) is 3. The molecule has 1 aliphatic heterocycles. The number of nitrogens with zero attached hydrogens (tertiary/aromatic N) is 1. The monoisotopic (exact) mass is 247 g/mol. The molecule has 1 atom stereocenters. The van der Waals surface area contributed by atoms with Gasteiger partial charge >= 0.3 is 5.97 Å². The average molecular weight is 247 g/mol. The number of rotatable bonds is 2. The predicted octanol–water partition coefficient (Wildman–Crippen LogP) is 2.35. The Morgan fingerprint density at radius 2 is 1.87 bits per heavy atom. The summed E-state index contributed by atoms with van der Waals surface area (Å²) in [5, 5.41) is 8.34. The van der Waals surface area contributed by atoms with Crippen molar-refractivity contribution in [3.63, 3.8) is 0 Å². The van der Waals surface area contributed by atoms with Gasteiger partial charge in [0.05, 0.1) is 0 Å². The highest BCUT2D eigenvalue weighted by atomic mass is 32.2. The summed E-state index contributed by atoms with van der Waals surface area (Å²) < 4.78 is 0.742. The van der Waals surface area contributed by atoms with E-state index in [0.29, 0.717) is 0 Å². The minimum Gasteiger partial charge on any atom is -0.480 e. The van der Waals surface area contributed by atoms with Crippen LogP contribution in [-0.4, -0.2) is 38.6 Å². The number of carbonyl (C=O) groups is 1. The van der Waals surface area contributed by atoms with E-state index in [4.69, 9.17) is 17.3 Å². The van der Waals surface area contributed by atoms with Crippen molar-refractivity contribution in [1.29, 1.82) is 0 Å². The van der Waals surface area contributed by atoms with Crippen LogP contribution in [0.4, 0.5) is 0 Å². The molecule has 0 spiro atoms. The van der Waals surface area contributed by atoms with Gasteiger partial charge in [-0.2, -0.15) is 0 Å². The fourth-order valence-corrected chi connectivity index (χ4v) is 2.88. The van der Waals surface area contributed by atoms with E-state index in [1.165, 1.54) is 37.4 Å². The van der Waals surface area contributed by atoms with Crippen molar-refractivity contribution in [3.05, 3.63) is 0 Å². The van der Waals surface area contributed by atoms with Crippen molar-refractivity contribution in [2.75, 3.05) is 13.1 Å². The Morgan fingerprint density at radius 1 is 1.33 bits per heavy atom. The lowest BCUT2D eigenvalue weighted by Crippen LogP contribution is -2.30. The van der Waals surface area contributed by atoms with Gasteiger partial charge in [-0.15, -0.1) is 0 Å². The summed E-state index contributed by atoms with van der Waals surface area (Å²) in [4.78, 5) is 12.8. The molecule has 0 radical (unpaired) electrons. The quantitative estimate of drug-likeness (QED) is 0.759. The van der Waals surface area contributed by atoms with Gasteiger partial charge < -0.3 is 10.0 Å². The molecule has 1 rings (SSSR count). The summed E-state index contributed by atoms with van der Waals surface area (Å²) >= 11 is 6.54. The van der Waals surface area contributed by atoms with Crippen molar-refractivity contribution in [3.8, 4) is 0 Å². The van der Waals surface area contributed by atoms with E-state index in [0.717, 1.165) is 17.4 Å². The van der Waals surface area contributed by atoms with Gasteiger partial charge in [0.2, 0.25) is 0 Å². The van der Waals surface area contributed by atoms with Gasteiger partial charge in [0.25, 0.3) is 0 Å². The van der Waals surface area contributed by atoms with Crippen molar-refractivity contribution in [2.45, 2.75) is 37.9 Å². The van der Waals surface area contributed by atoms with Crippen LogP contribution in [0.1, 0.15) is 32.6 Å². The number of carboxylic acid groups (broad SMARTS) is 1. The topological polar surface area (TPSA) is 40.5 Å². The zero-order valence-corrected chi connectivity index (χ0v) is 10.6. The molecule has 1 N–H and O–H groups in total. The molecule has 0 amide bonds. The van der Waals surface area contributed by atoms with Crippen LogP contribution in [0.25, 0.3) is 0 Å². The first-order valence-corrected chi connectivity index (χ1v) is 6.58. The molecule has 1 fully saturated rings. The first kappa shape index (κ1) is 12.8. The second kappa shape index (κ2) is 6.33. The lowest BCUT2D eigenvalue weighted by Gasteiger charge is -2.23. The normalized spacial score (nSPS) is 19.4. The molecule has 1 heterocycles. The molecule has 0 aromatic heterocycles. The van der Waals surface area contributed by atoms with Crippen molar-refractivity contribution in [2.24, 2.45) is 0 Å². The van der Waals surface area contributed by atoms with Gasteiger partial charge in [-0.25, -0.2) is 0 Å². The van der Waals surface area contributed by atoms with Crippen LogP contribution in [0.5, 0.6) is 0 Å². The van der Waals surface area contributed by atoms with Crippen LogP contribution in [0.3, 0.4) is 0 Å². The Morgan fingerprint density at radius 3 is 2.33 bits per heavy atom. The Kier molecular flexibility index (Phi) is 5.39. The SMILES string of the molecule is C[C@@H](SC(=S)N1CCCCCC1)C(=O)O. The predicted molar refractivity (Wildman–Crippen MR) is 67.3 cm³/mol. The van der Waals surface area contributed by atoms with E-state index in [2.05, 4.69) is 4.90 Å². The molecule has 0 aliphatic carbocycles. The maximum Gasteiger partial charge on any atom is 0.316 e. The highest BCUT2D eigenvalue weighted by molar-refractivity contribution is 8.23. The number of hydrogen-bond donors (Lipinski definition) is 1. The standard InChI is InChI=1S/C10H17NO2S2/c1-8(9(12)13)15-10(14)11-6-4-2-3-5-7-11/h8H,2-7H2,1H3,(H,12,13)/t8-/m1/s1. The number of aliphatic carboxylic acids is 1. The zero-order chi connectivity index (χ0) is 11.3. The molecule has 0 aromatic rings. The van der Waals surface area contributed by atoms with Crippen LogP contribution in [0, 0.1) is 0 Å². The van der Waals surface area contributed by atoms with E-state index in [1.807, 2.05) is 0 Å². The van der Waals surface area contributed by atoms with Crippen molar-refractivity contribution < 1.29 is 9.90 Å². The minimum atomic E-state index is -0.794. The van der Waals surface area contributed by atoms with Gasteiger partial charge in [0, 0.05) is 13.1 Å². The van der Waals surface area contributed by atoms with Gasteiger partial charge in [-0.1, -0.05) is 36.8 Å². The number of carboxylic acids is 1. The molecule has 15 heavy (non-hydrogen) atoms. The Bertz CT molecular complexity index is 238. The summed E-state index contributed by atoms with van der Waals surface area (Å²) in [7, 11) is 0. The highest BCUT2D eigenvalue weighted by Gasteiger charge is 2.19. The van der Waals surface area contributed by atoms with Crippen LogP contribution in [0.15, 0.2) is 0 Å². The molecule has 1 aliphatic rings. The van der Waals surface area contributed by atoms with Gasteiger partial charge in [0.1, 0.15) is 9.57 Å². The molecule has 86 valence electrons. The van der Waals surface area contributed by atoms with E-state index in [-0.39, 0.29) is 0 Å². The third kappa shape index (κ3) is 4.38. The van der Waals surface area contributed by atoms with Crippen molar-refractivity contribution >= 4 is 34.3 Å². The number of thiocarbonyl (C=S) groups is 1. The molecule has 0 saturated carbocycles. The fraction of sp³-hybridized carbons (Fsp3) is 0.800. The van der Waals surface area contributed by atoms with E-state index in [9.17, 15) is 4.79 Å². The van der Waals surface area contributed by atoms with Gasteiger partial charge in [-0.3, -0.25) is 4.79 Å². The van der Waals surface area contributed by atoms with Gasteiger partial charge in [0.15, 0.2) is 0 Å². The fourth-order valence-electron chi connectivity index (χ4n) is 1.53. The van der Waals surface area contributed by atoms with E-state index >= 15 is 0 Å². The van der Waals surface area contributed by atoms with Crippen molar-refractivity contribution in [1.82, 2.24) is 4.90 Å². The molecule has 0 unspecified atom stereocenters. The van der Waals surface area contributed by atoms with Crippen LogP contribution >= 0.6 is 24.0 Å². The summed E-state index contributed by atoms with van der Waals surface area (Å²) in [5.74, 6) is -0.794. The Hall–Kier alpha value is -0.290. The summed E-state index contributed by atoms with van der Waals surface area (Å²) in [6, 6.07) is 0. The molecule has 0 bridgehead atoms. The Labute approximate surface area is 100 Å². The molecule has 0 aromatic carbocycles. The molecular formula is C10H17NO2S2. The molecular weight excluding hydrogens is 230 g/mol. The Balaban J connectivity index is 2.41. The summed E-state index contributed by atoms with van der Waals surface area (Å²) in [5.41, 5.74) is 0. The maximum atomic E-state index is 10.7. The lowest BCUT2D eigenvalue weighted by atomic mass is 10.2. The van der Waals surface area contributed by atoms with E-state index in [1.54, 1.807) is 6.92 Å². The highest BCUT2D eigenvalue weighted by Crippen LogP contribution is 2.19. The largest absolute Gasteiger partial charge is 0.480 e. The average Bonchev–Trinajstić information content (AvgIpc) is 2.45. The summed E-state index contributed by atoms with van der Waals surface area (Å²) in [6.07, 6.45) is 4.86. The lowest BCUT2D eigenvalue weighted by molar-refractivity contribution is -0.136. The van der Waals surface area contributed by atoms with Crippen LogP contribution < -0.4 is 0 Å². The summed E-state index contributed by atoms with van der Waals surface area (Å²) in [6.45, 7) is 3.65. The molecule has 1 saturated heterocycles. The first-order chi connectivity index (χ1) is 7.11. The van der Waals surface area contributed by atoms with E-state index < -0.39 is 11.2 Å². The smallest absolute Gasteiger partial charge is 0.316 e. The minimum absolute atomic E-state index is 0.444. The van der Waals surface area contributed by atoms with Crippen LogP contribution in [0.2, 0.25) is 0 Å². The molecule has 3 nitrogen and oxygen atoms in total. The third-order valence-corrected chi connectivity index (χ3v) is 4.05. The molecule has 5 heteroatoms. The maximum absolute atomic E-state index is 10.7. The second-order valence-electron chi connectivity index (χ2n) is 3.77. The number of likely N-dealkylation sites (tertiary alicyclic amines) is 1.